The van der Waals surface area contributed by atoms with E-state index in [0.717, 1.165) is 88.5 Å². The largest absolute Gasteiger partial charge is 0.349 e. The summed E-state index contributed by atoms with van der Waals surface area (Å²) >= 11 is 0. The summed E-state index contributed by atoms with van der Waals surface area (Å²) in [5.41, 5.74) is 9.55. The molecule has 1 amide bonds. The monoisotopic (exact) mass is 621 g/mol. The van der Waals surface area contributed by atoms with Crippen molar-refractivity contribution in [1.82, 2.24) is 10.2 Å². The van der Waals surface area contributed by atoms with E-state index >= 15 is 0 Å². The van der Waals surface area contributed by atoms with Crippen LogP contribution in [-0.4, -0.2) is 29.9 Å². The number of likely N-dealkylation sites (tertiary alicyclic amines) is 1. The van der Waals surface area contributed by atoms with Gasteiger partial charge in [0.1, 0.15) is 0 Å². The van der Waals surface area contributed by atoms with Gasteiger partial charge in [-0.05, 0) is 122 Å². The molecule has 46 heavy (non-hydrogen) atoms. The summed E-state index contributed by atoms with van der Waals surface area (Å²) in [5, 5.41) is 12.4. The lowest BCUT2D eigenvalue weighted by molar-refractivity contribution is -0.00830. The Morgan fingerprint density at radius 1 is 0.913 bits per heavy atom. The Balaban J connectivity index is 1.02. The predicted molar refractivity (Wildman–Crippen MR) is 180 cm³/mol. The molecule has 0 aromatic heterocycles. The lowest BCUT2D eigenvalue weighted by Crippen LogP contribution is -2.44. The predicted octanol–water partition coefficient (Wildman–Crippen LogP) is 8.98. The van der Waals surface area contributed by atoms with Crippen molar-refractivity contribution in [2.45, 2.75) is 96.1 Å². The molecule has 0 saturated carbocycles. The normalized spacial score (nSPS) is 19.1. The van der Waals surface area contributed by atoms with Crippen LogP contribution in [0.5, 0.6) is 0 Å². The number of carbonyl (C=O) groups excluding carboxylic acids is 1. The number of nitrogens with zero attached hydrogens (tertiary/aromatic N) is 2. The molecule has 1 aliphatic heterocycles. The van der Waals surface area contributed by atoms with Gasteiger partial charge in [0.25, 0.3) is 11.8 Å². The van der Waals surface area contributed by atoms with Gasteiger partial charge >= 0.3 is 0 Å². The Bertz CT molecular complexity index is 1590. The number of amides is 1. The first-order valence-electron chi connectivity index (χ1n) is 17.1. The number of allylic oxidation sites excluding steroid dienone is 2. The van der Waals surface area contributed by atoms with E-state index in [0.29, 0.717) is 11.5 Å². The average molecular weight is 622 g/mol. The number of piperidine rings is 1. The third kappa shape index (κ3) is 7.58. The van der Waals surface area contributed by atoms with Crippen molar-refractivity contribution in [3.05, 3.63) is 111 Å². The Morgan fingerprint density at radius 3 is 2.35 bits per heavy atom. The molecule has 1 unspecified atom stereocenters. The first kappa shape index (κ1) is 32.1. The minimum absolute atomic E-state index is 0.0234. The van der Waals surface area contributed by atoms with Crippen LogP contribution >= 0.6 is 0 Å². The van der Waals surface area contributed by atoms with E-state index in [4.69, 9.17) is 5.26 Å². The van der Waals surface area contributed by atoms with Gasteiger partial charge in [0, 0.05) is 43.2 Å². The number of rotatable bonds is 9. The van der Waals surface area contributed by atoms with Crippen LogP contribution < -0.4 is 5.32 Å². The molecular weight excluding hydrogens is 576 g/mol. The summed E-state index contributed by atoms with van der Waals surface area (Å²) in [7, 11) is 0. The Morgan fingerprint density at radius 2 is 1.63 bits per heavy atom. The third-order valence-corrected chi connectivity index (χ3v) is 10.6. The molecule has 2 aliphatic carbocycles. The Hall–Kier alpha value is -3.82. The van der Waals surface area contributed by atoms with Gasteiger partial charge in [0.2, 0.25) is 0 Å². The van der Waals surface area contributed by atoms with Crippen molar-refractivity contribution in [2.75, 3.05) is 13.1 Å². The van der Waals surface area contributed by atoms with Crippen molar-refractivity contribution in [3.63, 3.8) is 0 Å². The molecule has 3 aliphatic rings. The first-order valence-corrected chi connectivity index (χ1v) is 17.1. The van der Waals surface area contributed by atoms with Crippen molar-refractivity contribution < 1.29 is 13.6 Å². The summed E-state index contributed by atoms with van der Waals surface area (Å²) in [6.07, 6.45) is 10.3. The van der Waals surface area contributed by atoms with Crippen LogP contribution in [0, 0.1) is 17.2 Å². The third-order valence-electron chi connectivity index (χ3n) is 10.6. The van der Waals surface area contributed by atoms with Crippen LogP contribution in [0.4, 0.5) is 8.78 Å². The van der Waals surface area contributed by atoms with Gasteiger partial charge in [-0.3, -0.25) is 9.69 Å². The van der Waals surface area contributed by atoms with Gasteiger partial charge in [0.15, 0.2) is 0 Å². The van der Waals surface area contributed by atoms with E-state index in [9.17, 15) is 13.6 Å². The Kier molecular flexibility index (Phi) is 9.99. The van der Waals surface area contributed by atoms with E-state index < -0.39 is 5.92 Å². The van der Waals surface area contributed by atoms with Gasteiger partial charge in [-0.2, -0.15) is 5.26 Å². The summed E-state index contributed by atoms with van der Waals surface area (Å²) in [4.78, 5) is 15.8. The van der Waals surface area contributed by atoms with Crippen LogP contribution in [0.25, 0.3) is 5.57 Å². The SMILES string of the molecule is CCC(F)(F)c1ccc(CCC2CCC3=C(CC2)c2cc(C(=O)NC4CCN(Cc5ccc(C#N)cc5)CC4)ccc2CC3)cc1. The van der Waals surface area contributed by atoms with E-state index in [1.165, 1.54) is 35.6 Å². The fourth-order valence-corrected chi connectivity index (χ4v) is 7.53. The number of halogens is 2. The summed E-state index contributed by atoms with van der Waals surface area (Å²) < 4.78 is 28.0. The molecule has 1 fully saturated rings. The number of fused-ring (bicyclic) bond motifs is 2. The highest BCUT2D eigenvalue weighted by atomic mass is 19.3. The number of nitriles is 1. The highest BCUT2D eigenvalue weighted by Gasteiger charge is 2.29. The number of aryl methyl sites for hydroxylation is 2. The highest BCUT2D eigenvalue weighted by Crippen LogP contribution is 2.42. The quantitative estimate of drug-likeness (QED) is 0.260. The maximum absolute atomic E-state index is 14.0. The number of hydrogen-bond donors (Lipinski definition) is 1. The summed E-state index contributed by atoms with van der Waals surface area (Å²) in [6, 6.07) is 23.4. The van der Waals surface area contributed by atoms with Crippen LogP contribution in [0.3, 0.4) is 0 Å². The van der Waals surface area contributed by atoms with E-state index in [1.807, 2.05) is 42.5 Å². The number of hydrogen-bond acceptors (Lipinski definition) is 3. The standard InChI is InChI=1S/C40H45F2N3O/c1-2-40(41,42)35-18-10-29(11-19-35)4-3-28-9-13-32-14-15-33-16-17-34(25-38(33)37(32)20-12-28)39(46)44-36-21-23-45(24-22-36)27-31-7-5-30(26-43)6-8-31/h5-8,10-11,16-19,25,28,36H,2-4,9,12-15,20-24,27H2,1H3,(H,44,46). The van der Waals surface area contributed by atoms with Crippen molar-refractivity contribution >= 4 is 11.5 Å². The average Bonchev–Trinajstić information content (AvgIpc) is 3.31. The van der Waals surface area contributed by atoms with Gasteiger partial charge in [-0.25, -0.2) is 8.78 Å². The second-order valence-electron chi connectivity index (χ2n) is 13.5. The van der Waals surface area contributed by atoms with Gasteiger partial charge in [-0.15, -0.1) is 0 Å². The zero-order chi connectivity index (χ0) is 32.1. The van der Waals surface area contributed by atoms with E-state index in [1.54, 1.807) is 17.7 Å². The van der Waals surface area contributed by atoms with Crippen molar-refractivity contribution in [1.29, 1.82) is 5.26 Å². The minimum Gasteiger partial charge on any atom is -0.349 e. The molecule has 6 rings (SSSR count). The molecule has 1 heterocycles. The summed E-state index contributed by atoms with van der Waals surface area (Å²) in [6.45, 7) is 4.26. The topological polar surface area (TPSA) is 56.1 Å². The summed E-state index contributed by atoms with van der Waals surface area (Å²) in [5.74, 6) is -2.12. The molecule has 0 radical (unpaired) electrons. The fraction of sp³-hybridized carbons (Fsp3) is 0.450. The van der Waals surface area contributed by atoms with Crippen LogP contribution in [0.2, 0.25) is 0 Å². The van der Waals surface area contributed by atoms with Crippen LogP contribution in [0.1, 0.15) is 108 Å². The Labute approximate surface area is 272 Å². The first-order chi connectivity index (χ1) is 22.3. The number of benzene rings is 3. The van der Waals surface area contributed by atoms with Gasteiger partial charge in [-0.1, -0.05) is 55.0 Å². The molecule has 240 valence electrons. The maximum atomic E-state index is 14.0. The van der Waals surface area contributed by atoms with Crippen LogP contribution in [0.15, 0.2) is 72.3 Å². The lowest BCUT2D eigenvalue weighted by Gasteiger charge is -2.32. The molecule has 1 saturated heterocycles. The minimum atomic E-state index is -2.76. The molecular formula is C40H45F2N3O. The zero-order valence-electron chi connectivity index (χ0n) is 27.0. The highest BCUT2D eigenvalue weighted by molar-refractivity contribution is 5.95. The maximum Gasteiger partial charge on any atom is 0.273 e. The van der Waals surface area contributed by atoms with Gasteiger partial charge in [0.05, 0.1) is 11.6 Å². The van der Waals surface area contributed by atoms with Crippen molar-refractivity contribution in [3.8, 4) is 6.07 Å². The molecule has 0 bridgehead atoms. The molecule has 3 aromatic rings. The second kappa shape index (κ2) is 14.3. The molecule has 6 heteroatoms. The zero-order valence-corrected chi connectivity index (χ0v) is 27.0. The van der Waals surface area contributed by atoms with Gasteiger partial charge < -0.3 is 5.32 Å². The fourth-order valence-electron chi connectivity index (χ4n) is 7.53. The van der Waals surface area contributed by atoms with Crippen LogP contribution in [-0.2, 0) is 25.3 Å². The molecule has 1 atom stereocenters. The molecule has 4 nitrogen and oxygen atoms in total. The molecule has 3 aromatic carbocycles. The lowest BCUT2D eigenvalue weighted by atomic mass is 9.82. The smallest absolute Gasteiger partial charge is 0.273 e. The number of alkyl halides is 2. The van der Waals surface area contributed by atoms with E-state index in [2.05, 4.69) is 28.4 Å². The second-order valence-corrected chi connectivity index (χ2v) is 13.5. The number of nitrogens with one attached hydrogen (secondary N) is 1. The van der Waals surface area contributed by atoms with Crippen molar-refractivity contribution in [2.24, 2.45) is 5.92 Å². The number of carbonyl (C=O) groups is 1. The van der Waals surface area contributed by atoms with E-state index in [-0.39, 0.29) is 23.9 Å². The molecule has 0 spiro atoms. The molecule has 1 N–H and O–H groups in total.